The molecule has 2 heterocycles. The summed E-state index contributed by atoms with van der Waals surface area (Å²) in [6.07, 6.45) is 5.12. The van der Waals surface area contributed by atoms with Crippen LogP contribution in [0, 0.1) is 0 Å². The molecule has 0 fully saturated rings. The SMILES string of the molecule is Nc1nc(N[C@H]2CCCc3ccccc32)c2cn[nH]c2n1. The van der Waals surface area contributed by atoms with Crippen molar-refractivity contribution in [1.29, 1.82) is 0 Å². The highest BCUT2D eigenvalue weighted by atomic mass is 15.2. The minimum absolute atomic E-state index is 0.248. The number of fused-ring (bicyclic) bond motifs is 2. The average Bonchev–Trinajstić information content (AvgIpc) is 2.96. The van der Waals surface area contributed by atoms with Crippen molar-refractivity contribution in [1.82, 2.24) is 20.2 Å². The molecule has 6 nitrogen and oxygen atoms in total. The molecule has 0 radical (unpaired) electrons. The number of nitrogen functional groups attached to an aromatic ring is 1. The van der Waals surface area contributed by atoms with Crippen molar-refractivity contribution in [3.05, 3.63) is 41.6 Å². The number of nitrogens with two attached hydrogens (primary N) is 1. The van der Waals surface area contributed by atoms with Gasteiger partial charge in [0.1, 0.15) is 5.82 Å². The molecule has 106 valence electrons. The molecule has 0 aliphatic heterocycles. The van der Waals surface area contributed by atoms with Gasteiger partial charge in [-0.2, -0.15) is 15.1 Å². The Morgan fingerprint density at radius 3 is 3.10 bits per heavy atom. The summed E-state index contributed by atoms with van der Waals surface area (Å²) in [7, 11) is 0. The zero-order chi connectivity index (χ0) is 14.2. The van der Waals surface area contributed by atoms with E-state index in [1.807, 2.05) is 0 Å². The summed E-state index contributed by atoms with van der Waals surface area (Å²) in [6.45, 7) is 0. The standard InChI is InChI=1S/C15H16N6/c16-15-19-13(11-8-17-21-14(11)20-15)18-12-7-3-5-9-4-1-2-6-10(9)12/h1-2,4,6,8,12H,3,5,7H2,(H4,16,17,18,19,20,21)/t12-/m0/s1. The maximum atomic E-state index is 5.77. The lowest BCUT2D eigenvalue weighted by molar-refractivity contribution is 0.599. The fraction of sp³-hybridized carbons (Fsp3) is 0.267. The van der Waals surface area contributed by atoms with Gasteiger partial charge in [-0.25, -0.2) is 0 Å². The van der Waals surface area contributed by atoms with Crippen LogP contribution in [0.2, 0.25) is 0 Å². The molecule has 2 aromatic heterocycles. The molecule has 0 saturated carbocycles. The van der Waals surface area contributed by atoms with Gasteiger partial charge in [0, 0.05) is 0 Å². The average molecular weight is 280 g/mol. The van der Waals surface area contributed by atoms with Crippen LogP contribution in [0.1, 0.15) is 30.0 Å². The summed E-state index contributed by atoms with van der Waals surface area (Å²) in [5, 5.41) is 11.2. The second-order valence-electron chi connectivity index (χ2n) is 5.35. The van der Waals surface area contributed by atoms with Gasteiger partial charge in [-0.1, -0.05) is 24.3 Å². The van der Waals surface area contributed by atoms with Crippen molar-refractivity contribution in [2.24, 2.45) is 0 Å². The minimum Gasteiger partial charge on any atom is -0.368 e. The van der Waals surface area contributed by atoms with Gasteiger partial charge < -0.3 is 11.1 Å². The first kappa shape index (κ1) is 12.1. The molecular formula is C15H16N6. The largest absolute Gasteiger partial charge is 0.368 e. The molecule has 0 unspecified atom stereocenters. The van der Waals surface area contributed by atoms with E-state index in [2.05, 4.69) is 49.7 Å². The normalized spacial score (nSPS) is 17.6. The summed E-state index contributed by atoms with van der Waals surface area (Å²) >= 11 is 0. The first-order valence-electron chi connectivity index (χ1n) is 7.12. The van der Waals surface area contributed by atoms with E-state index >= 15 is 0 Å². The number of rotatable bonds is 2. The lowest BCUT2D eigenvalue weighted by atomic mass is 9.88. The lowest BCUT2D eigenvalue weighted by Crippen LogP contribution is -2.18. The van der Waals surface area contributed by atoms with Gasteiger partial charge in [-0.3, -0.25) is 5.10 Å². The number of hydrogen-bond acceptors (Lipinski definition) is 5. The summed E-state index contributed by atoms with van der Waals surface area (Å²) in [6, 6.07) is 8.81. The van der Waals surface area contributed by atoms with E-state index < -0.39 is 0 Å². The molecule has 0 amide bonds. The smallest absolute Gasteiger partial charge is 0.224 e. The molecule has 3 aromatic rings. The van der Waals surface area contributed by atoms with Crippen LogP contribution in [0.4, 0.5) is 11.8 Å². The van der Waals surface area contributed by atoms with Crippen LogP contribution in [-0.4, -0.2) is 20.2 Å². The highest BCUT2D eigenvalue weighted by Gasteiger charge is 2.21. The van der Waals surface area contributed by atoms with Gasteiger partial charge in [-0.05, 0) is 30.4 Å². The number of nitrogens with one attached hydrogen (secondary N) is 2. The van der Waals surface area contributed by atoms with Crippen molar-refractivity contribution >= 4 is 22.8 Å². The van der Waals surface area contributed by atoms with Crippen LogP contribution in [0.15, 0.2) is 30.5 Å². The predicted molar refractivity (Wildman–Crippen MR) is 81.8 cm³/mol. The van der Waals surface area contributed by atoms with Crippen LogP contribution in [-0.2, 0) is 6.42 Å². The third-order valence-corrected chi connectivity index (χ3v) is 4.01. The third kappa shape index (κ3) is 2.08. The summed E-state index contributed by atoms with van der Waals surface area (Å²) in [5.41, 5.74) is 9.19. The number of aromatic nitrogens is 4. The van der Waals surface area contributed by atoms with E-state index in [1.54, 1.807) is 6.20 Å². The van der Waals surface area contributed by atoms with E-state index in [1.165, 1.54) is 17.5 Å². The predicted octanol–water partition coefficient (Wildman–Crippen LogP) is 2.42. The van der Waals surface area contributed by atoms with Crippen molar-refractivity contribution < 1.29 is 0 Å². The van der Waals surface area contributed by atoms with E-state index in [9.17, 15) is 0 Å². The molecule has 6 heteroatoms. The molecule has 0 bridgehead atoms. The van der Waals surface area contributed by atoms with Gasteiger partial charge in [0.25, 0.3) is 0 Å². The zero-order valence-corrected chi connectivity index (χ0v) is 11.5. The maximum Gasteiger partial charge on any atom is 0.224 e. The first-order chi connectivity index (χ1) is 10.3. The zero-order valence-electron chi connectivity index (χ0n) is 11.5. The molecule has 4 rings (SSSR count). The molecule has 21 heavy (non-hydrogen) atoms. The molecule has 1 aliphatic carbocycles. The topological polar surface area (TPSA) is 92.5 Å². The fourth-order valence-electron chi connectivity index (χ4n) is 3.03. The highest BCUT2D eigenvalue weighted by Crippen LogP contribution is 2.33. The highest BCUT2D eigenvalue weighted by molar-refractivity contribution is 5.87. The molecule has 1 atom stereocenters. The Balaban J connectivity index is 1.74. The van der Waals surface area contributed by atoms with Crippen molar-refractivity contribution in [3.8, 4) is 0 Å². The number of aryl methyl sites for hydroxylation is 1. The van der Waals surface area contributed by atoms with Crippen molar-refractivity contribution in [2.75, 3.05) is 11.1 Å². The molecular weight excluding hydrogens is 264 g/mol. The second kappa shape index (κ2) is 4.73. The Morgan fingerprint density at radius 2 is 2.14 bits per heavy atom. The second-order valence-corrected chi connectivity index (χ2v) is 5.35. The van der Waals surface area contributed by atoms with Gasteiger partial charge in [0.15, 0.2) is 5.65 Å². The summed E-state index contributed by atoms with van der Waals surface area (Å²) in [4.78, 5) is 8.48. The number of benzene rings is 1. The molecule has 0 spiro atoms. The Hall–Kier alpha value is -2.63. The fourth-order valence-corrected chi connectivity index (χ4v) is 3.03. The minimum atomic E-state index is 0.248. The van der Waals surface area contributed by atoms with E-state index in [0.717, 1.165) is 24.0 Å². The van der Waals surface area contributed by atoms with Crippen LogP contribution < -0.4 is 11.1 Å². The molecule has 1 aromatic carbocycles. The van der Waals surface area contributed by atoms with E-state index in [0.29, 0.717) is 5.65 Å². The van der Waals surface area contributed by atoms with Crippen LogP contribution in [0.25, 0.3) is 11.0 Å². The Labute approximate surface area is 121 Å². The first-order valence-corrected chi connectivity index (χ1v) is 7.12. The molecule has 1 aliphatic rings. The lowest BCUT2D eigenvalue weighted by Gasteiger charge is -2.27. The van der Waals surface area contributed by atoms with E-state index in [-0.39, 0.29) is 12.0 Å². The van der Waals surface area contributed by atoms with Crippen molar-refractivity contribution in [3.63, 3.8) is 0 Å². The Kier molecular flexibility index (Phi) is 2.73. The van der Waals surface area contributed by atoms with Crippen molar-refractivity contribution in [2.45, 2.75) is 25.3 Å². The van der Waals surface area contributed by atoms with Crippen LogP contribution >= 0.6 is 0 Å². The summed E-state index contributed by atoms with van der Waals surface area (Å²) in [5.74, 6) is 0.992. The van der Waals surface area contributed by atoms with Crippen LogP contribution in [0.5, 0.6) is 0 Å². The molecule has 0 saturated heterocycles. The number of anilines is 2. The number of nitrogens with zero attached hydrogens (tertiary/aromatic N) is 3. The van der Waals surface area contributed by atoms with Gasteiger partial charge in [0.05, 0.1) is 17.6 Å². The van der Waals surface area contributed by atoms with Gasteiger partial charge >= 0.3 is 0 Å². The maximum absolute atomic E-state index is 5.77. The molecule has 4 N–H and O–H groups in total. The quantitative estimate of drug-likeness (QED) is 0.670. The number of hydrogen-bond donors (Lipinski definition) is 3. The third-order valence-electron chi connectivity index (χ3n) is 4.01. The summed E-state index contributed by atoms with van der Waals surface area (Å²) < 4.78 is 0. The van der Waals surface area contributed by atoms with Gasteiger partial charge in [0.2, 0.25) is 5.95 Å². The Bertz CT molecular complexity index is 794. The number of aromatic amines is 1. The number of H-pyrrole nitrogens is 1. The van der Waals surface area contributed by atoms with E-state index in [4.69, 9.17) is 5.73 Å². The Morgan fingerprint density at radius 1 is 1.24 bits per heavy atom. The van der Waals surface area contributed by atoms with Crippen LogP contribution in [0.3, 0.4) is 0 Å². The van der Waals surface area contributed by atoms with Gasteiger partial charge in [-0.15, -0.1) is 0 Å². The monoisotopic (exact) mass is 280 g/mol.